The summed E-state index contributed by atoms with van der Waals surface area (Å²) in [7, 11) is 0. The number of nitrogens with zero attached hydrogens (tertiary/aromatic N) is 3. The standard InChI is InChI=1S/C27H27N5.2H2O/c28-15-19-4-6-26-23(13-19)22(17-30-26)3-1-2-10-32-11-8-21(9-12-32)25-18-31-27-7-5-20(16-29)14-24(25)27;;/h4-7,13-14,17-18,21,30-31H,1-3,8-12H2;2*1H2. The van der Waals surface area contributed by atoms with Gasteiger partial charge in [-0.2, -0.15) is 10.5 Å². The van der Waals surface area contributed by atoms with Crippen molar-refractivity contribution in [1.82, 2.24) is 14.9 Å². The first-order valence-corrected chi connectivity index (χ1v) is 11.5. The van der Waals surface area contributed by atoms with Crippen molar-refractivity contribution in [2.75, 3.05) is 19.6 Å². The zero-order valence-electron chi connectivity index (χ0n) is 19.2. The van der Waals surface area contributed by atoms with Gasteiger partial charge in [0.1, 0.15) is 0 Å². The van der Waals surface area contributed by atoms with Gasteiger partial charge in [-0.05, 0) is 105 Å². The van der Waals surface area contributed by atoms with Crippen LogP contribution in [0.3, 0.4) is 0 Å². The number of fused-ring (bicyclic) bond motifs is 2. The largest absolute Gasteiger partial charge is 0.412 e. The van der Waals surface area contributed by atoms with E-state index >= 15 is 0 Å². The second-order valence-electron chi connectivity index (χ2n) is 8.88. The van der Waals surface area contributed by atoms with Crippen molar-refractivity contribution in [3.8, 4) is 12.1 Å². The summed E-state index contributed by atoms with van der Waals surface area (Å²) >= 11 is 0. The van der Waals surface area contributed by atoms with Crippen LogP contribution in [-0.2, 0) is 6.42 Å². The molecule has 2 aromatic heterocycles. The Morgan fingerprint density at radius 2 is 1.44 bits per heavy atom. The Bertz CT molecular complexity index is 1330. The lowest BCUT2D eigenvalue weighted by atomic mass is 9.89. The third-order valence-electron chi connectivity index (χ3n) is 6.94. The van der Waals surface area contributed by atoms with Gasteiger partial charge >= 0.3 is 0 Å². The Balaban J connectivity index is 0.00000162. The summed E-state index contributed by atoms with van der Waals surface area (Å²) in [6, 6.07) is 16.3. The van der Waals surface area contributed by atoms with E-state index in [9.17, 15) is 5.26 Å². The molecule has 1 aliphatic heterocycles. The number of H-pyrrole nitrogens is 2. The summed E-state index contributed by atoms with van der Waals surface area (Å²) in [6.07, 6.45) is 9.96. The van der Waals surface area contributed by atoms with Crippen LogP contribution in [0.25, 0.3) is 21.8 Å². The number of aromatic nitrogens is 2. The van der Waals surface area contributed by atoms with Gasteiger partial charge in [-0.15, -0.1) is 0 Å². The number of rotatable bonds is 6. The summed E-state index contributed by atoms with van der Waals surface area (Å²) in [5.74, 6) is 0.564. The lowest BCUT2D eigenvalue weighted by Crippen LogP contribution is -2.33. The van der Waals surface area contributed by atoms with Crippen molar-refractivity contribution in [1.29, 1.82) is 10.5 Å². The minimum absolute atomic E-state index is 0. The molecule has 2 aromatic carbocycles. The maximum atomic E-state index is 9.23. The molecule has 176 valence electrons. The first-order chi connectivity index (χ1) is 15.7. The first kappa shape index (κ1) is 25.0. The fraction of sp³-hybridized carbons (Fsp3) is 0.333. The van der Waals surface area contributed by atoms with Gasteiger partial charge in [0.15, 0.2) is 0 Å². The summed E-state index contributed by atoms with van der Waals surface area (Å²) in [5.41, 5.74) is 6.37. The lowest BCUT2D eigenvalue weighted by molar-refractivity contribution is 0.209. The summed E-state index contributed by atoms with van der Waals surface area (Å²) in [4.78, 5) is 9.30. The normalized spacial score (nSPS) is 14.3. The molecule has 0 spiro atoms. The van der Waals surface area contributed by atoms with Crippen molar-refractivity contribution < 1.29 is 11.0 Å². The van der Waals surface area contributed by atoms with Crippen LogP contribution in [0.5, 0.6) is 0 Å². The Labute approximate surface area is 199 Å². The number of piperidine rings is 1. The molecule has 7 heteroatoms. The van der Waals surface area contributed by atoms with Gasteiger partial charge in [-0.25, -0.2) is 0 Å². The zero-order valence-corrected chi connectivity index (χ0v) is 19.2. The van der Waals surface area contributed by atoms with Gasteiger partial charge in [0.05, 0.1) is 23.3 Å². The van der Waals surface area contributed by atoms with Gasteiger partial charge in [0.2, 0.25) is 0 Å². The second-order valence-corrected chi connectivity index (χ2v) is 8.88. The molecule has 0 saturated carbocycles. The van der Waals surface area contributed by atoms with E-state index < -0.39 is 0 Å². The molecule has 4 aromatic rings. The van der Waals surface area contributed by atoms with Crippen LogP contribution in [0.1, 0.15) is 53.9 Å². The quantitative estimate of drug-likeness (QED) is 0.423. The van der Waals surface area contributed by atoms with Crippen molar-refractivity contribution in [3.63, 3.8) is 0 Å². The van der Waals surface area contributed by atoms with E-state index in [0.29, 0.717) is 5.92 Å². The maximum Gasteiger partial charge on any atom is 0.0991 e. The molecule has 0 aliphatic carbocycles. The Morgan fingerprint density at radius 1 is 0.824 bits per heavy atom. The number of nitrogens with one attached hydrogen (secondary N) is 2. The summed E-state index contributed by atoms with van der Waals surface area (Å²) in [5, 5.41) is 20.8. The van der Waals surface area contributed by atoms with E-state index in [-0.39, 0.29) is 11.0 Å². The second kappa shape index (κ2) is 11.0. The molecule has 34 heavy (non-hydrogen) atoms. The molecule has 1 saturated heterocycles. The summed E-state index contributed by atoms with van der Waals surface area (Å²) in [6.45, 7) is 3.41. The van der Waals surface area contributed by atoms with E-state index in [1.807, 2.05) is 36.4 Å². The van der Waals surface area contributed by atoms with Crippen LogP contribution < -0.4 is 0 Å². The molecular formula is C27H31N5O2. The van der Waals surface area contributed by atoms with E-state index in [1.54, 1.807) is 0 Å². The van der Waals surface area contributed by atoms with Crippen LogP contribution >= 0.6 is 0 Å². The van der Waals surface area contributed by atoms with Crippen LogP contribution in [0, 0.1) is 22.7 Å². The highest BCUT2D eigenvalue weighted by Gasteiger charge is 2.22. The van der Waals surface area contributed by atoms with Crippen molar-refractivity contribution in [2.45, 2.75) is 38.0 Å². The zero-order chi connectivity index (χ0) is 21.9. The minimum atomic E-state index is 0. The van der Waals surface area contributed by atoms with Crippen molar-refractivity contribution in [3.05, 3.63) is 71.0 Å². The molecule has 1 fully saturated rings. The highest BCUT2D eigenvalue weighted by atomic mass is 16.0. The van der Waals surface area contributed by atoms with E-state index in [4.69, 9.17) is 5.26 Å². The number of hydrogen-bond donors (Lipinski definition) is 2. The minimum Gasteiger partial charge on any atom is -0.412 e. The fourth-order valence-corrected chi connectivity index (χ4v) is 5.12. The molecule has 5 rings (SSSR count). The molecule has 0 unspecified atom stereocenters. The average molecular weight is 458 g/mol. The third-order valence-corrected chi connectivity index (χ3v) is 6.94. The van der Waals surface area contributed by atoms with E-state index in [0.717, 1.165) is 54.6 Å². The Hall–Kier alpha value is -3.62. The van der Waals surface area contributed by atoms with Gasteiger partial charge < -0.3 is 25.8 Å². The highest BCUT2D eigenvalue weighted by Crippen LogP contribution is 2.33. The molecule has 0 atom stereocenters. The molecule has 1 aliphatic rings. The lowest BCUT2D eigenvalue weighted by Gasteiger charge is -2.32. The monoisotopic (exact) mass is 457 g/mol. The number of unbranched alkanes of at least 4 members (excludes halogenated alkanes) is 1. The highest BCUT2D eigenvalue weighted by molar-refractivity contribution is 5.85. The van der Waals surface area contributed by atoms with Gasteiger partial charge in [-0.1, -0.05) is 0 Å². The summed E-state index contributed by atoms with van der Waals surface area (Å²) < 4.78 is 0. The number of likely N-dealkylation sites (tertiary alicyclic amines) is 1. The molecular weight excluding hydrogens is 426 g/mol. The van der Waals surface area contributed by atoms with Crippen LogP contribution in [0.2, 0.25) is 0 Å². The molecule has 7 nitrogen and oxygen atoms in total. The predicted octanol–water partition coefficient (Wildman–Crippen LogP) is 3.95. The topological polar surface area (TPSA) is 145 Å². The molecule has 0 amide bonds. The number of aryl methyl sites for hydroxylation is 1. The number of hydrogen-bond acceptors (Lipinski definition) is 3. The van der Waals surface area contributed by atoms with E-state index in [1.165, 1.54) is 41.2 Å². The van der Waals surface area contributed by atoms with Crippen LogP contribution in [0.4, 0.5) is 0 Å². The molecule has 0 bridgehead atoms. The van der Waals surface area contributed by atoms with Crippen LogP contribution in [-0.4, -0.2) is 45.5 Å². The molecule has 6 N–H and O–H groups in total. The fourth-order valence-electron chi connectivity index (χ4n) is 5.12. The van der Waals surface area contributed by atoms with Gasteiger partial charge in [0, 0.05) is 34.2 Å². The number of aromatic amines is 2. The van der Waals surface area contributed by atoms with Gasteiger partial charge in [-0.3, -0.25) is 0 Å². The number of nitriles is 2. The van der Waals surface area contributed by atoms with Crippen molar-refractivity contribution >= 4 is 21.8 Å². The molecule has 0 radical (unpaired) electrons. The van der Waals surface area contributed by atoms with E-state index in [2.05, 4.69) is 39.4 Å². The average Bonchev–Trinajstić information content (AvgIpc) is 3.45. The smallest absolute Gasteiger partial charge is 0.0991 e. The number of benzene rings is 2. The maximum absolute atomic E-state index is 9.23. The van der Waals surface area contributed by atoms with Crippen molar-refractivity contribution in [2.24, 2.45) is 0 Å². The SMILES string of the molecule is N#Cc1ccc2[nH]cc(CCCCN3CCC(c4c[nH]c5ccc(C#N)cc45)CC3)c2c1.O.O. The third kappa shape index (κ3) is 4.98. The van der Waals surface area contributed by atoms with Crippen LogP contribution in [0.15, 0.2) is 48.8 Å². The first-order valence-electron chi connectivity index (χ1n) is 11.5. The Morgan fingerprint density at radius 3 is 2.12 bits per heavy atom. The van der Waals surface area contributed by atoms with Gasteiger partial charge in [0.25, 0.3) is 0 Å². The Kier molecular flexibility index (Phi) is 8.09. The predicted molar refractivity (Wildman–Crippen MR) is 135 cm³/mol. The molecule has 3 heterocycles.